The molecule has 1 atom stereocenters. The lowest BCUT2D eigenvalue weighted by Gasteiger charge is -2.33. The highest BCUT2D eigenvalue weighted by Crippen LogP contribution is 2.28. The third-order valence-electron chi connectivity index (χ3n) is 3.41. The van der Waals surface area contributed by atoms with Crippen LogP contribution in [0, 0.1) is 5.92 Å². The minimum atomic E-state index is -0.795. The molecule has 0 saturated heterocycles. The number of nitrogens with one attached hydrogen (secondary N) is 1. The van der Waals surface area contributed by atoms with E-state index in [1.54, 1.807) is 0 Å². The fourth-order valence-corrected chi connectivity index (χ4v) is 2.24. The molecule has 0 unspecified atom stereocenters. The SMILES string of the molecule is CO[C@@H](C(=O)NC1CC(C(=O)O)C1)c1ccccc1. The molecule has 0 radical (unpaired) electrons. The van der Waals surface area contributed by atoms with Crippen LogP contribution >= 0.6 is 0 Å². The first-order chi connectivity index (χ1) is 9.11. The molecule has 1 aliphatic rings. The van der Waals surface area contributed by atoms with Crippen molar-refractivity contribution in [1.29, 1.82) is 0 Å². The average molecular weight is 263 g/mol. The van der Waals surface area contributed by atoms with Gasteiger partial charge in [-0.05, 0) is 18.4 Å². The summed E-state index contributed by atoms with van der Waals surface area (Å²) >= 11 is 0. The van der Waals surface area contributed by atoms with Gasteiger partial charge in [-0.2, -0.15) is 0 Å². The van der Waals surface area contributed by atoms with Gasteiger partial charge in [0.2, 0.25) is 0 Å². The number of amides is 1. The van der Waals surface area contributed by atoms with Crippen molar-refractivity contribution in [1.82, 2.24) is 5.32 Å². The summed E-state index contributed by atoms with van der Waals surface area (Å²) in [6.45, 7) is 0. The Labute approximate surface area is 111 Å². The molecule has 19 heavy (non-hydrogen) atoms. The highest BCUT2D eigenvalue weighted by atomic mass is 16.5. The Balaban J connectivity index is 1.91. The number of carbonyl (C=O) groups excluding carboxylic acids is 1. The molecular formula is C14H17NO4. The highest BCUT2D eigenvalue weighted by Gasteiger charge is 2.36. The zero-order valence-corrected chi connectivity index (χ0v) is 10.7. The van der Waals surface area contributed by atoms with Crippen LogP contribution in [0.1, 0.15) is 24.5 Å². The number of hydrogen-bond donors (Lipinski definition) is 2. The summed E-state index contributed by atoms with van der Waals surface area (Å²) in [6.07, 6.45) is 0.337. The topological polar surface area (TPSA) is 75.6 Å². The molecule has 0 bridgehead atoms. The molecule has 1 aromatic rings. The van der Waals surface area contributed by atoms with E-state index in [9.17, 15) is 9.59 Å². The molecular weight excluding hydrogens is 246 g/mol. The van der Waals surface area contributed by atoms with Crippen LogP contribution < -0.4 is 5.32 Å². The van der Waals surface area contributed by atoms with Gasteiger partial charge in [-0.25, -0.2) is 0 Å². The predicted molar refractivity (Wildman–Crippen MR) is 68.5 cm³/mol. The molecule has 0 spiro atoms. The van der Waals surface area contributed by atoms with Crippen molar-refractivity contribution >= 4 is 11.9 Å². The van der Waals surface area contributed by atoms with Gasteiger partial charge in [-0.1, -0.05) is 30.3 Å². The highest BCUT2D eigenvalue weighted by molar-refractivity contribution is 5.83. The third-order valence-corrected chi connectivity index (χ3v) is 3.41. The molecule has 2 rings (SSSR count). The van der Waals surface area contributed by atoms with Gasteiger partial charge in [0.1, 0.15) is 0 Å². The molecule has 1 aliphatic carbocycles. The predicted octanol–water partition coefficient (Wildman–Crippen LogP) is 1.35. The smallest absolute Gasteiger partial charge is 0.306 e. The Bertz CT molecular complexity index is 454. The lowest BCUT2D eigenvalue weighted by atomic mass is 9.80. The second kappa shape index (κ2) is 5.84. The lowest BCUT2D eigenvalue weighted by molar-refractivity contribution is -0.147. The summed E-state index contributed by atoms with van der Waals surface area (Å²) in [6, 6.07) is 9.16. The van der Waals surface area contributed by atoms with Crippen LogP contribution in [-0.2, 0) is 14.3 Å². The van der Waals surface area contributed by atoms with Crippen LogP contribution in [-0.4, -0.2) is 30.1 Å². The first kappa shape index (κ1) is 13.5. The Morgan fingerprint density at radius 3 is 2.47 bits per heavy atom. The fourth-order valence-electron chi connectivity index (χ4n) is 2.24. The fraction of sp³-hybridized carbons (Fsp3) is 0.429. The second-order valence-corrected chi connectivity index (χ2v) is 4.74. The molecule has 0 heterocycles. The van der Waals surface area contributed by atoms with Crippen LogP contribution in [0.3, 0.4) is 0 Å². The summed E-state index contributed by atoms with van der Waals surface area (Å²) < 4.78 is 5.21. The number of benzene rings is 1. The summed E-state index contributed by atoms with van der Waals surface area (Å²) in [7, 11) is 1.48. The maximum Gasteiger partial charge on any atom is 0.306 e. The Morgan fingerprint density at radius 1 is 1.32 bits per heavy atom. The Kier molecular flexibility index (Phi) is 4.16. The van der Waals surface area contributed by atoms with Gasteiger partial charge in [-0.15, -0.1) is 0 Å². The minimum Gasteiger partial charge on any atom is -0.481 e. The van der Waals surface area contributed by atoms with Crippen LogP contribution in [0.5, 0.6) is 0 Å². The molecule has 1 aromatic carbocycles. The molecule has 5 heteroatoms. The van der Waals surface area contributed by atoms with E-state index in [0.717, 1.165) is 5.56 Å². The first-order valence-electron chi connectivity index (χ1n) is 6.22. The molecule has 102 valence electrons. The largest absolute Gasteiger partial charge is 0.481 e. The van der Waals surface area contributed by atoms with E-state index >= 15 is 0 Å². The second-order valence-electron chi connectivity index (χ2n) is 4.74. The summed E-state index contributed by atoms with van der Waals surface area (Å²) in [4.78, 5) is 22.8. The zero-order valence-electron chi connectivity index (χ0n) is 10.7. The molecule has 1 amide bonds. The van der Waals surface area contributed by atoms with Crippen molar-refractivity contribution in [3.8, 4) is 0 Å². The normalized spacial score (nSPS) is 23.2. The molecule has 1 fully saturated rings. The number of ether oxygens (including phenoxy) is 1. The van der Waals surface area contributed by atoms with Crippen molar-refractivity contribution in [2.75, 3.05) is 7.11 Å². The zero-order chi connectivity index (χ0) is 13.8. The van der Waals surface area contributed by atoms with E-state index in [-0.39, 0.29) is 17.9 Å². The van der Waals surface area contributed by atoms with E-state index in [2.05, 4.69) is 5.32 Å². The summed E-state index contributed by atoms with van der Waals surface area (Å²) in [5.74, 6) is -1.34. The summed E-state index contributed by atoms with van der Waals surface area (Å²) in [5.41, 5.74) is 0.789. The van der Waals surface area contributed by atoms with Gasteiger partial charge in [0.15, 0.2) is 6.10 Å². The van der Waals surface area contributed by atoms with Gasteiger partial charge in [0.05, 0.1) is 5.92 Å². The maximum absolute atomic E-state index is 12.1. The number of rotatable bonds is 5. The molecule has 2 N–H and O–H groups in total. The molecule has 5 nitrogen and oxygen atoms in total. The number of aliphatic carboxylic acids is 1. The van der Waals surface area contributed by atoms with E-state index in [1.807, 2.05) is 30.3 Å². The van der Waals surface area contributed by atoms with Crippen LogP contribution in [0.2, 0.25) is 0 Å². The van der Waals surface area contributed by atoms with Crippen molar-refractivity contribution in [3.63, 3.8) is 0 Å². The number of carboxylic acid groups (broad SMARTS) is 1. The Morgan fingerprint density at radius 2 is 1.95 bits per heavy atom. The van der Waals surface area contributed by atoms with Gasteiger partial charge in [0.25, 0.3) is 5.91 Å². The van der Waals surface area contributed by atoms with E-state index in [1.165, 1.54) is 7.11 Å². The van der Waals surface area contributed by atoms with Crippen LogP contribution in [0.15, 0.2) is 30.3 Å². The van der Waals surface area contributed by atoms with E-state index < -0.39 is 12.1 Å². The standard InChI is InChI=1S/C14H17NO4/c1-19-12(9-5-3-2-4-6-9)13(16)15-11-7-10(8-11)14(17)18/h2-6,10-12H,7-8H2,1H3,(H,15,16)(H,17,18)/t10?,11?,12-/m1/s1. The van der Waals surface area contributed by atoms with Crippen molar-refractivity contribution in [3.05, 3.63) is 35.9 Å². The molecule has 1 saturated carbocycles. The first-order valence-corrected chi connectivity index (χ1v) is 6.22. The molecule has 0 aromatic heterocycles. The monoisotopic (exact) mass is 263 g/mol. The number of carboxylic acids is 1. The summed E-state index contributed by atoms with van der Waals surface area (Å²) in [5, 5.41) is 11.6. The minimum absolute atomic E-state index is 0.0602. The van der Waals surface area contributed by atoms with Gasteiger partial charge in [0, 0.05) is 13.2 Å². The Hall–Kier alpha value is -1.88. The van der Waals surface area contributed by atoms with Gasteiger partial charge >= 0.3 is 5.97 Å². The maximum atomic E-state index is 12.1. The van der Waals surface area contributed by atoms with E-state index in [0.29, 0.717) is 12.8 Å². The van der Waals surface area contributed by atoms with Gasteiger partial charge in [-0.3, -0.25) is 9.59 Å². The number of hydrogen-bond acceptors (Lipinski definition) is 3. The number of methoxy groups -OCH3 is 1. The number of carbonyl (C=O) groups is 2. The van der Waals surface area contributed by atoms with Crippen molar-refractivity contribution in [2.45, 2.75) is 25.0 Å². The van der Waals surface area contributed by atoms with Crippen LogP contribution in [0.25, 0.3) is 0 Å². The van der Waals surface area contributed by atoms with E-state index in [4.69, 9.17) is 9.84 Å². The van der Waals surface area contributed by atoms with Crippen LogP contribution in [0.4, 0.5) is 0 Å². The molecule has 0 aliphatic heterocycles. The van der Waals surface area contributed by atoms with Crippen molar-refractivity contribution < 1.29 is 19.4 Å². The lowest BCUT2D eigenvalue weighted by Crippen LogP contribution is -2.48. The van der Waals surface area contributed by atoms with Gasteiger partial charge < -0.3 is 15.2 Å². The quantitative estimate of drug-likeness (QED) is 0.841. The average Bonchev–Trinajstić information content (AvgIpc) is 2.35. The van der Waals surface area contributed by atoms with Crippen molar-refractivity contribution in [2.24, 2.45) is 5.92 Å². The third kappa shape index (κ3) is 3.12.